The summed E-state index contributed by atoms with van der Waals surface area (Å²) in [6.45, 7) is 8.33. The molecular weight excluding hydrogens is 364 g/mol. The van der Waals surface area contributed by atoms with Gasteiger partial charge in [0, 0.05) is 25.0 Å². The Kier molecular flexibility index (Phi) is 8.52. The number of nitrogens with one attached hydrogen (secondary N) is 3. The van der Waals surface area contributed by atoms with Gasteiger partial charge in [-0.25, -0.2) is 4.99 Å². The number of hydrogen-bond acceptors (Lipinski definition) is 3. The van der Waals surface area contributed by atoms with E-state index >= 15 is 0 Å². The third-order valence-corrected chi connectivity index (χ3v) is 4.63. The van der Waals surface area contributed by atoms with Gasteiger partial charge in [-0.05, 0) is 30.2 Å². The molecule has 0 atom stereocenters. The summed E-state index contributed by atoms with van der Waals surface area (Å²) in [5.74, 6) is 1.31. The molecule has 0 aromatic heterocycles. The summed E-state index contributed by atoms with van der Waals surface area (Å²) in [5, 5.41) is 9.43. The van der Waals surface area contributed by atoms with Crippen molar-refractivity contribution in [3.63, 3.8) is 0 Å². The molecule has 0 aliphatic heterocycles. The lowest BCUT2D eigenvalue weighted by Gasteiger charge is -2.26. The molecule has 2 aromatic rings. The molecule has 0 bridgehead atoms. The summed E-state index contributed by atoms with van der Waals surface area (Å²) in [6, 6.07) is 18.0. The molecule has 0 radical (unpaired) electrons. The maximum absolute atomic E-state index is 12.2. The van der Waals surface area contributed by atoms with Gasteiger partial charge in [0.15, 0.2) is 5.96 Å². The number of ether oxygens (including phenoxy) is 1. The van der Waals surface area contributed by atoms with Crippen LogP contribution in [0.15, 0.2) is 59.6 Å². The summed E-state index contributed by atoms with van der Waals surface area (Å²) >= 11 is 0. The predicted octanol–water partition coefficient (Wildman–Crippen LogP) is 2.84. The zero-order chi connectivity index (χ0) is 21.1. The van der Waals surface area contributed by atoms with Gasteiger partial charge in [-0.2, -0.15) is 0 Å². The molecule has 1 amide bonds. The topological polar surface area (TPSA) is 74.8 Å². The number of amides is 1. The molecule has 0 aliphatic carbocycles. The molecule has 29 heavy (non-hydrogen) atoms. The van der Waals surface area contributed by atoms with E-state index in [9.17, 15) is 4.79 Å². The first-order valence-corrected chi connectivity index (χ1v) is 9.92. The number of guanidine groups is 1. The molecule has 0 aliphatic rings. The number of aliphatic imine (C=N–C) groups is 1. The Balaban J connectivity index is 1.86. The standard InChI is InChI=1S/C23H32N4O2/c1-5-24-22(27-17-23(2,3)19-9-7-6-8-10-19)26-16-21(28)25-15-18-11-13-20(29-4)14-12-18/h6-14H,5,15-17H2,1-4H3,(H,25,28)(H2,24,26,27). The van der Waals surface area contributed by atoms with Crippen LogP contribution in [0.5, 0.6) is 5.75 Å². The summed E-state index contributed by atoms with van der Waals surface area (Å²) in [7, 11) is 1.63. The van der Waals surface area contributed by atoms with Gasteiger partial charge < -0.3 is 20.7 Å². The van der Waals surface area contributed by atoms with Crippen LogP contribution in [0.25, 0.3) is 0 Å². The Hall–Kier alpha value is -3.02. The predicted molar refractivity (Wildman–Crippen MR) is 118 cm³/mol. The van der Waals surface area contributed by atoms with E-state index in [1.807, 2.05) is 49.4 Å². The van der Waals surface area contributed by atoms with E-state index < -0.39 is 0 Å². The fourth-order valence-corrected chi connectivity index (χ4v) is 2.79. The molecule has 0 heterocycles. The minimum atomic E-state index is -0.125. The van der Waals surface area contributed by atoms with Gasteiger partial charge in [0.1, 0.15) is 12.3 Å². The third-order valence-electron chi connectivity index (χ3n) is 4.63. The summed E-state index contributed by atoms with van der Waals surface area (Å²) in [6.07, 6.45) is 0. The van der Waals surface area contributed by atoms with Crippen molar-refractivity contribution in [1.82, 2.24) is 16.0 Å². The lowest BCUT2D eigenvalue weighted by atomic mass is 9.85. The molecule has 0 saturated carbocycles. The third kappa shape index (κ3) is 7.49. The molecule has 6 heteroatoms. The van der Waals surface area contributed by atoms with Crippen molar-refractivity contribution in [3.8, 4) is 5.75 Å². The van der Waals surface area contributed by atoms with Gasteiger partial charge in [-0.1, -0.05) is 56.3 Å². The summed E-state index contributed by atoms with van der Waals surface area (Å²) < 4.78 is 5.14. The van der Waals surface area contributed by atoms with Crippen molar-refractivity contribution >= 4 is 11.9 Å². The highest BCUT2D eigenvalue weighted by atomic mass is 16.5. The van der Waals surface area contributed by atoms with Crippen LogP contribution in [0.3, 0.4) is 0 Å². The SMILES string of the molecule is CCNC(=NCC(=O)NCc1ccc(OC)cc1)NCC(C)(C)c1ccccc1. The summed E-state index contributed by atoms with van der Waals surface area (Å²) in [5.41, 5.74) is 2.20. The van der Waals surface area contributed by atoms with E-state index in [-0.39, 0.29) is 17.9 Å². The van der Waals surface area contributed by atoms with E-state index in [1.165, 1.54) is 5.56 Å². The van der Waals surface area contributed by atoms with Crippen molar-refractivity contribution in [2.24, 2.45) is 4.99 Å². The van der Waals surface area contributed by atoms with E-state index in [2.05, 4.69) is 46.9 Å². The molecule has 0 fully saturated rings. The van der Waals surface area contributed by atoms with E-state index in [1.54, 1.807) is 7.11 Å². The Morgan fingerprint density at radius 3 is 2.31 bits per heavy atom. The maximum Gasteiger partial charge on any atom is 0.242 e. The van der Waals surface area contributed by atoms with Crippen LogP contribution in [-0.4, -0.2) is 38.6 Å². The monoisotopic (exact) mass is 396 g/mol. The van der Waals surface area contributed by atoms with Crippen molar-refractivity contribution in [3.05, 3.63) is 65.7 Å². The lowest BCUT2D eigenvalue weighted by molar-refractivity contribution is -0.119. The molecule has 0 unspecified atom stereocenters. The number of nitrogens with zero attached hydrogens (tertiary/aromatic N) is 1. The van der Waals surface area contributed by atoms with Crippen LogP contribution in [0, 0.1) is 0 Å². The van der Waals surface area contributed by atoms with Crippen LogP contribution >= 0.6 is 0 Å². The molecule has 0 spiro atoms. The van der Waals surface area contributed by atoms with Crippen molar-refractivity contribution < 1.29 is 9.53 Å². The fraction of sp³-hybridized carbons (Fsp3) is 0.391. The van der Waals surface area contributed by atoms with Crippen molar-refractivity contribution in [2.45, 2.75) is 32.7 Å². The minimum absolute atomic E-state index is 0.0614. The second kappa shape index (κ2) is 11.1. The van der Waals surface area contributed by atoms with Crippen LogP contribution in [0.2, 0.25) is 0 Å². The van der Waals surface area contributed by atoms with Crippen molar-refractivity contribution in [2.75, 3.05) is 26.7 Å². The van der Waals surface area contributed by atoms with Gasteiger partial charge in [-0.15, -0.1) is 0 Å². The van der Waals surface area contributed by atoms with Gasteiger partial charge in [0.25, 0.3) is 0 Å². The molecule has 2 rings (SSSR count). The molecule has 0 saturated heterocycles. The Morgan fingerprint density at radius 1 is 1.00 bits per heavy atom. The quantitative estimate of drug-likeness (QED) is 0.450. The van der Waals surface area contributed by atoms with Gasteiger partial charge in [0.05, 0.1) is 7.11 Å². The first-order chi connectivity index (χ1) is 13.9. The van der Waals surface area contributed by atoms with Gasteiger partial charge in [-0.3, -0.25) is 4.79 Å². The second-order valence-corrected chi connectivity index (χ2v) is 7.42. The first kappa shape index (κ1) is 22.3. The Labute approximate surface area is 173 Å². The first-order valence-electron chi connectivity index (χ1n) is 9.92. The summed E-state index contributed by atoms with van der Waals surface area (Å²) in [4.78, 5) is 16.6. The molecule has 156 valence electrons. The van der Waals surface area contributed by atoms with E-state index in [0.29, 0.717) is 19.0 Å². The minimum Gasteiger partial charge on any atom is -0.497 e. The van der Waals surface area contributed by atoms with E-state index in [0.717, 1.165) is 17.9 Å². The number of methoxy groups -OCH3 is 1. The normalized spacial score (nSPS) is 11.7. The Bertz CT molecular complexity index is 786. The maximum atomic E-state index is 12.2. The van der Waals surface area contributed by atoms with Crippen molar-refractivity contribution in [1.29, 1.82) is 0 Å². The number of rotatable bonds is 9. The lowest BCUT2D eigenvalue weighted by Crippen LogP contribution is -2.44. The average molecular weight is 397 g/mol. The average Bonchev–Trinajstić information content (AvgIpc) is 2.75. The van der Waals surface area contributed by atoms with Crippen LogP contribution in [0.1, 0.15) is 31.9 Å². The number of hydrogen-bond donors (Lipinski definition) is 3. The highest BCUT2D eigenvalue weighted by molar-refractivity contribution is 5.84. The fourth-order valence-electron chi connectivity index (χ4n) is 2.79. The smallest absolute Gasteiger partial charge is 0.242 e. The van der Waals surface area contributed by atoms with Crippen LogP contribution < -0.4 is 20.7 Å². The van der Waals surface area contributed by atoms with Crippen LogP contribution in [-0.2, 0) is 16.8 Å². The zero-order valence-corrected chi connectivity index (χ0v) is 17.8. The zero-order valence-electron chi connectivity index (χ0n) is 17.8. The highest BCUT2D eigenvalue weighted by Gasteiger charge is 2.20. The van der Waals surface area contributed by atoms with E-state index in [4.69, 9.17) is 4.74 Å². The number of benzene rings is 2. The largest absolute Gasteiger partial charge is 0.497 e. The number of carbonyl (C=O) groups is 1. The molecular formula is C23H32N4O2. The Morgan fingerprint density at radius 2 is 1.69 bits per heavy atom. The molecule has 6 nitrogen and oxygen atoms in total. The highest BCUT2D eigenvalue weighted by Crippen LogP contribution is 2.21. The van der Waals surface area contributed by atoms with Gasteiger partial charge >= 0.3 is 0 Å². The van der Waals surface area contributed by atoms with Gasteiger partial charge in [0.2, 0.25) is 5.91 Å². The second-order valence-electron chi connectivity index (χ2n) is 7.42. The number of carbonyl (C=O) groups excluding carboxylic acids is 1. The van der Waals surface area contributed by atoms with Crippen LogP contribution in [0.4, 0.5) is 0 Å². The molecule has 3 N–H and O–H groups in total. The molecule has 2 aromatic carbocycles.